The molecule has 0 aromatic heterocycles. The zero-order valence-corrected chi connectivity index (χ0v) is 11.1. The second kappa shape index (κ2) is 6.74. The average Bonchev–Trinajstić information content (AvgIpc) is 2.25. The molecule has 3 N–H and O–H groups in total. The number of halogens is 1. The van der Waals surface area contributed by atoms with Gasteiger partial charge >= 0.3 is 5.97 Å². The van der Waals surface area contributed by atoms with E-state index in [0.717, 1.165) is 10.0 Å². The highest BCUT2D eigenvalue weighted by molar-refractivity contribution is 9.10. The molecular formula is C12H16BrNO3. The van der Waals surface area contributed by atoms with E-state index >= 15 is 0 Å². The van der Waals surface area contributed by atoms with Gasteiger partial charge in [-0.1, -0.05) is 34.1 Å². The van der Waals surface area contributed by atoms with Gasteiger partial charge in [0.2, 0.25) is 0 Å². The summed E-state index contributed by atoms with van der Waals surface area (Å²) in [4.78, 5) is 10.4. The van der Waals surface area contributed by atoms with Gasteiger partial charge in [0.1, 0.15) is 0 Å². The largest absolute Gasteiger partial charge is 0.481 e. The molecule has 0 saturated heterocycles. The highest BCUT2D eigenvalue weighted by Crippen LogP contribution is 2.22. The molecule has 0 fully saturated rings. The number of aliphatic carboxylic acids is 1. The second-order valence-electron chi connectivity index (χ2n) is 3.90. The summed E-state index contributed by atoms with van der Waals surface area (Å²) < 4.78 is 0.993. The summed E-state index contributed by atoms with van der Waals surface area (Å²) in [6.07, 6.45) is -1.10. The van der Waals surface area contributed by atoms with Crippen LogP contribution in [0.5, 0.6) is 0 Å². The van der Waals surface area contributed by atoms with E-state index in [0.29, 0.717) is 0 Å². The molecule has 0 aliphatic rings. The number of aliphatic hydroxyl groups is 1. The van der Waals surface area contributed by atoms with Crippen LogP contribution < -0.4 is 5.32 Å². The number of aliphatic hydroxyl groups excluding tert-OH is 1. The second-order valence-corrected chi connectivity index (χ2v) is 4.76. The summed E-state index contributed by atoms with van der Waals surface area (Å²) in [6.45, 7) is 2.22. The number of carboxylic acid groups (broad SMARTS) is 1. The monoisotopic (exact) mass is 301 g/mol. The summed E-state index contributed by atoms with van der Waals surface area (Å²) in [5.74, 6) is -0.993. The minimum atomic E-state index is -0.993. The predicted octanol–water partition coefficient (Wildman–Crippen LogP) is 1.94. The van der Waals surface area contributed by atoms with Crippen molar-refractivity contribution < 1.29 is 15.0 Å². The smallest absolute Gasteiger partial charge is 0.306 e. The third-order valence-electron chi connectivity index (χ3n) is 2.44. The van der Waals surface area contributed by atoms with Gasteiger partial charge in [-0.15, -0.1) is 0 Å². The van der Waals surface area contributed by atoms with E-state index in [1.165, 1.54) is 0 Å². The molecule has 0 spiro atoms. The van der Waals surface area contributed by atoms with E-state index in [4.69, 9.17) is 5.11 Å². The van der Waals surface area contributed by atoms with Crippen LogP contribution in [-0.2, 0) is 4.79 Å². The lowest BCUT2D eigenvalue weighted by molar-refractivity contribution is -0.139. The Hall–Kier alpha value is -0.910. The molecule has 1 aromatic rings. The molecule has 0 amide bonds. The number of hydrogen-bond acceptors (Lipinski definition) is 3. The van der Waals surface area contributed by atoms with Gasteiger partial charge in [0.25, 0.3) is 0 Å². The van der Waals surface area contributed by atoms with E-state index < -0.39 is 12.1 Å². The molecule has 0 aliphatic heterocycles. The van der Waals surface area contributed by atoms with Gasteiger partial charge in [-0.3, -0.25) is 4.79 Å². The number of rotatable bonds is 6. The van der Waals surface area contributed by atoms with Gasteiger partial charge < -0.3 is 15.5 Å². The number of carbonyl (C=O) groups is 1. The van der Waals surface area contributed by atoms with Gasteiger partial charge in [-0.25, -0.2) is 0 Å². The van der Waals surface area contributed by atoms with Crippen LogP contribution in [0.4, 0.5) is 0 Å². The highest BCUT2D eigenvalue weighted by Gasteiger charge is 2.12. The third-order valence-corrected chi connectivity index (χ3v) is 3.16. The van der Waals surface area contributed by atoms with Crippen molar-refractivity contribution in [3.8, 4) is 0 Å². The Morgan fingerprint density at radius 3 is 2.71 bits per heavy atom. The summed E-state index contributed by atoms with van der Waals surface area (Å²) >= 11 is 3.45. The highest BCUT2D eigenvalue weighted by atomic mass is 79.9. The molecule has 1 aromatic carbocycles. The zero-order valence-electron chi connectivity index (χ0n) is 9.56. The average molecular weight is 302 g/mol. The van der Waals surface area contributed by atoms with Crippen molar-refractivity contribution in [1.29, 1.82) is 0 Å². The molecule has 0 saturated carbocycles. The van der Waals surface area contributed by atoms with Gasteiger partial charge in [0.15, 0.2) is 0 Å². The van der Waals surface area contributed by atoms with Crippen molar-refractivity contribution in [2.75, 3.05) is 6.54 Å². The zero-order chi connectivity index (χ0) is 12.8. The Bertz CT molecular complexity index is 384. The van der Waals surface area contributed by atoms with Crippen LogP contribution in [0, 0.1) is 0 Å². The minimum Gasteiger partial charge on any atom is -0.481 e. The number of benzene rings is 1. The van der Waals surface area contributed by atoms with E-state index in [-0.39, 0.29) is 19.0 Å². The fourth-order valence-corrected chi connectivity index (χ4v) is 2.15. The van der Waals surface area contributed by atoms with Gasteiger partial charge in [0.05, 0.1) is 12.5 Å². The maximum absolute atomic E-state index is 10.4. The molecule has 4 nitrogen and oxygen atoms in total. The van der Waals surface area contributed by atoms with Gasteiger partial charge in [-0.2, -0.15) is 0 Å². The lowest BCUT2D eigenvalue weighted by Crippen LogP contribution is -2.30. The molecule has 0 heterocycles. The standard InChI is InChI=1S/C12H16BrNO3/c1-8(10-4-2-3-5-11(10)13)14-7-9(15)6-12(16)17/h2-5,8-9,14-15H,6-7H2,1H3,(H,16,17)/t8-,9?/m0/s1. The van der Waals surface area contributed by atoms with Crippen molar-refractivity contribution in [2.24, 2.45) is 0 Å². The van der Waals surface area contributed by atoms with Crippen LogP contribution in [0.1, 0.15) is 24.9 Å². The fourth-order valence-electron chi connectivity index (χ4n) is 1.52. The number of carboxylic acids is 1. The number of nitrogens with one attached hydrogen (secondary N) is 1. The van der Waals surface area contributed by atoms with Crippen LogP contribution in [0.25, 0.3) is 0 Å². The summed E-state index contributed by atoms with van der Waals surface area (Å²) in [6, 6.07) is 7.84. The molecule has 1 rings (SSSR count). The van der Waals surface area contributed by atoms with Gasteiger partial charge in [-0.05, 0) is 18.6 Å². The molecule has 94 valence electrons. The molecule has 0 radical (unpaired) electrons. The summed E-state index contributed by atoms with van der Waals surface area (Å²) in [5, 5.41) is 21.0. The first-order valence-electron chi connectivity index (χ1n) is 5.38. The lowest BCUT2D eigenvalue weighted by atomic mass is 10.1. The topological polar surface area (TPSA) is 69.6 Å². The van der Waals surface area contributed by atoms with Gasteiger partial charge in [0, 0.05) is 17.1 Å². The number of hydrogen-bond donors (Lipinski definition) is 3. The normalized spacial score (nSPS) is 14.3. The maximum atomic E-state index is 10.4. The Labute approximate surface area is 109 Å². The Balaban J connectivity index is 2.47. The van der Waals surface area contributed by atoms with Crippen molar-refractivity contribution in [3.05, 3.63) is 34.3 Å². The molecule has 17 heavy (non-hydrogen) atoms. The summed E-state index contributed by atoms with van der Waals surface area (Å²) in [5.41, 5.74) is 1.08. The van der Waals surface area contributed by atoms with Crippen LogP contribution >= 0.6 is 15.9 Å². The minimum absolute atomic E-state index is 0.0500. The van der Waals surface area contributed by atoms with Crippen molar-refractivity contribution in [1.82, 2.24) is 5.32 Å². The van der Waals surface area contributed by atoms with E-state index in [1.54, 1.807) is 0 Å². The fraction of sp³-hybridized carbons (Fsp3) is 0.417. The van der Waals surface area contributed by atoms with Crippen molar-refractivity contribution in [3.63, 3.8) is 0 Å². The lowest BCUT2D eigenvalue weighted by Gasteiger charge is -2.17. The first-order chi connectivity index (χ1) is 8.00. The van der Waals surface area contributed by atoms with Crippen molar-refractivity contribution in [2.45, 2.75) is 25.5 Å². The van der Waals surface area contributed by atoms with Crippen molar-refractivity contribution >= 4 is 21.9 Å². The molecule has 5 heteroatoms. The Morgan fingerprint density at radius 1 is 1.47 bits per heavy atom. The van der Waals surface area contributed by atoms with Crippen LogP contribution in [0.2, 0.25) is 0 Å². The maximum Gasteiger partial charge on any atom is 0.306 e. The quantitative estimate of drug-likeness (QED) is 0.751. The van der Waals surface area contributed by atoms with E-state index in [9.17, 15) is 9.90 Å². The van der Waals surface area contributed by atoms with Crippen LogP contribution in [0.15, 0.2) is 28.7 Å². The first-order valence-corrected chi connectivity index (χ1v) is 6.17. The third kappa shape index (κ3) is 4.85. The molecular weight excluding hydrogens is 286 g/mol. The predicted molar refractivity (Wildman–Crippen MR) is 68.8 cm³/mol. The SMILES string of the molecule is C[C@H](NCC(O)CC(=O)O)c1ccccc1Br. The molecule has 1 unspecified atom stereocenters. The molecule has 0 aliphatic carbocycles. The molecule has 2 atom stereocenters. The Kier molecular flexibility index (Phi) is 5.61. The van der Waals surface area contributed by atoms with E-state index in [2.05, 4.69) is 21.2 Å². The first kappa shape index (κ1) is 14.2. The molecule has 0 bridgehead atoms. The van der Waals surface area contributed by atoms with E-state index in [1.807, 2.05) is 31.2 Å². The van der Waals surface area contributed by atoms with Crippen LogP contribution in [-0.4, -0.2) is 28.8 Å². The van der Waals surface area contributed by atoms with Crippen LogP contribution in [0.3, 0.4) is 0 Å². The Morgan fingerprint density at radius 2 is 2.12 bits per heavy atom. The summed E-state index contributed by atoms with van der Waals surface area (Å²) in [7, 11) is 0.